The van der Waals surface area contributed by atoms with E-state index in [2.05, 4.69) is 0 Å². The van der Waals surface area contributed by atoms with Crippen LogP contribution in [-0.4, -0.2) is 34.5 Å². The van der Waals surface area contributed by atoms with Crippen molar-refractivity contribution in [1.82, 2.24) is 0 Å². The molecule has 0 spiro atoms. The third-order valence-corrected chi connectivity index (χ3v) is 1.70. The van der Waals surface area contributed by atoms with Gasteiger partial charge in [-0.2, -0.15) is 10.5 Å². The van der Waals surface area contributed by atoms with Crippen molar-refractivity contribution >= 4 is 35.2 Å². The smallest absolute Gasteiger partial charge is 0.258 e. The van der Waals surface area contributed by atoms with Crippen LogP contribution in [0, 0.1) is 32.8 Å². The molecule has 0 aliphatic rings. The molecule has 0 aliphatic heterocycles. The van der Waals surface area contributed by atoms with E-state index in [4.69, 9.17) is 10.5 Å². The summed E-state index contributed by atoms with van der Waals surface area (Å²) in [7, 11) is 0. The Morgan fingerprint density at radius 1 is 1.20 bits per heavy atom. The number of nitro benzene ring substituents is 1. The summed E-state index contributed by atoms with van der Waals surface area (Å²) in [6.45, 7) is 0. The maximum atomic E-state index is 10.3. The molecule has 0 amide bonds. The van der Waals surface area contributed by atoms with E-state index in [1.807, 2.05) is 0 Å². The summed E-state index contributed by atoms with van der Waals surface area (Å²) in [5.41, 5.74) is 0.420. The van der Waals surface area contributed by atoms with Crippen LogP contribution in [0.3, 0.4) is 0 Å². The third-order valence-electron chi connectivity index (χ3n) is 1.70. The molecule has 0 bridgehead atoms. The topological polar surface area (TPSA) is 90.7 Å². The van der Waals surface area contributed by atoms with Crippen LogP contribution in [0.1, 0.15) is 11.5 Å². The first-order valence-electron chi connectivity index (χ1n) is 3.72. The Morgan fingerprint density at radius 2 is 1.67 bits per heavy atom. The van der Waals surface area contributed by atoms with E-state index < -0.39 is 10.8 Å². The van der Waals surface area contributed by atoms with Gasteiger partial charge in [-0.1, -0.05) is 0 Å². The molecule has 5 nitrogen and oxygen atoms in total. The number of rotatable bonds is 2. The molecule has 1 rings (SSSR count). The molecular formula is C9H5N3NaO2. The van der Waals surface area contributed by atoms with E-state index >= 15 is 0 Å². The molecule has 0 aromatic heterocycles. The number of hydrogen-bond acceptors (Lipinski definition) is 4. The molecule has 0 atom stereocenters. The normalized spacial score (nSPS) is 8.47. The molecular weight excluding hydrogens is 205 g/mol. The molecule has 0 unspecified atom stereocenters. The van der Waals surface area contributed by atoms with Gasteiger partial charge in [-0.15, -0.1) is 0 Å². The summed E-state index contributed by atoms with van der Waals surface area (Å²) >= 11 is 0. The van der Waals surface area contributed by atoms with Crippen molar-refractivity contribution in [3.8, 4) is 12.1 Å². The number of hydrogen-bond donors (Lipinski definition) is 0. The van der Waals surface area contributed by atoms with Gasteiger partial charge in [0.2, 0.25) is 0 Å². The van der Waals surface area contributed by atoms with Crippen molar-refractivity contribution in [2.24, 2.45) is 0 Å². The molecule has 15 heavy (non-hydrogen) atoms. The van der Waals surface area contributed by atoms with Crippen LogP contribution in [-0.2, 0) is 0 Å². The van der Waals surface area contributed by atoms with E-state index in [9.17, 15) is 10.1 Å². The van der Waals surface area contributed by atoms with Crippen molar-refractivity contribution in [2.45, 2.75) is 5.92 Å². The van der Waals surface area contributed by atoms with Crippen LogP contribution < -0.4 is 0 Å². The minimum Gasteiger partial charge on any atom is -0.258 e. The van der Waals surface area contributed by atoms with Gasteiger partial charge in [-0.3, -0.25) is 10.1 Å². The Balaban J connectivity index is 0.00000196. The largest absolute Gasteiger partial charge is 0.269 e. The van der Waals surface area contributed by atoms with Crippen LogP contribution in [0.4, 0.5) is 5.69 Å². The van der Waals surface area contributed by atoms with E-state index in [1.165, 1.54) is 24.3 Å². The predicted octanol–water partition coefficient (Wildman–Crippen LogP) is 1.34. The Morgan fingerprint density at radius 3 is 2.00 bits per heavy atom. The first-order valence-corrected chi connectivity index (χ1v) is 3.72. The summed E-state index contributed by atoms with van der Waals surface area (Å²) in [6.07, 6.45) is 0. The standard InChI is InChI=1S/C9H5N3O2.Na/c10-5-8(6-11)7-1-3-9(4-2-7)12(13)14;/h1-4,8H;. The molecule has 0 heterocycles. The summed E-state index contributed by atoms with van der Waals surface area (Å²) in [4.78, 5) is 9.77. The van der Waals surface area contributed by atoms with Crippen molar-refractivity contribution in [3.63, 3.8) is 0 Å². The van der Waals surface area contributed by atoms with Crippen LogP contribution in [0.2, 0.25) is 0 Å². The number of nitrogens with zero attached hydrogens (tertiary/aromatic N) is 3. The van der Waals surface area contributed by atoms with Gasteiger partial charge in [0.25, 0.3) is 5.69 Å². The third kappa shape index (κ3) is 3.34. The number of nitriles is 2. The SMILES string of the molecule is N#CC(C#N)c1ccc([N+](=O)[O-])cc1.[Na]. The Kier molecular flexibility index (Phi) is 5.58. The van der Waals surface area contributed by atoms with Gasteiger partial charge in [0.05, 0.1) is 17.1 Å². The van der Waals surface area contributed by atoms with Crippen molar-refractivity contribution in [2.75, 3.05) is 0 Å². The van der Waals surface area contributed by atoms with Gasteiger partial charge in [-0.05, 0) is 17.7 Å². The Hall–Kier alpha value is -1.40. The average Bonchev–Trinajstić information content (AvgIpc) is 2.20. The molecule has 1 radical (unpaired) electrons. The number of non-ortho nitro benzene ring substituents is 1. The predicted molar refractivity (Wildman–Crippen MR) is 52.8 cm³/mol. The summed E-state index contributed by atoms with van der Waals surface area (Å²) in [6, 6.07) is 8.94. The van der Waals surface area contributed by atoms with Gasteiger partial charge in [0, 0.05) is 41.7 Å². The zero-order valence-electron chi connectivity index (χ0n) is 8.04. The summed E-state index contributed by atoms with van der Waals surface area (Å²) < 4.78 is 0. The molecule has 0 aliphatic carbocycles. The molecule has 0 N–H and O–H groups in total. The van der Waals surface area contributed by atoms with Crippen LogP contribution in [0.25, 0.3) is 0 Å². The minimum atomic E-state index is -0.865. The monoisotopic (exact) mass is 210 g/mol. The maximum Gasteiger partial charge on any atom is 0.269 e. The molecule has 0 saturated heterocycles. The van der Waals surface area contributed by atoms with Gasteiger partial charge in [0.1, 0.15) is 0 Å². The second kappa shape index (κ2) is 6.15. The zero-order chi connectivity index (χ0) is 10.6. The van der Waals surface area contributed by atoms with E-state index in [0.717, 1.165) is 0 Å². The minimum absolute atomic E-state index is 0. The van der Waals surface area contributed by atoms with Crippen molar-refractivity contribution in [3.05, 3.63) is 39.9 Å². The van der Waals surface area contributed by atoms with Gasteiger partial charge >= 0.3 is 0 Å². The van der Waals surface area contributed by atoms with E-state index in [-0.39, 0.29) is 35.2 Å². The van der Waals surface area contributed by atoms with Gasteiger partial charge in [0.15, 0.2) is 5.92 Å². The molecule has 0 saturated carbocycles. The number of benzene rings is 1. The average molecular weight is 210 g/mol. The molecule has 1 aromatic carbocycles. The molecule has 0 fully saturated rings. The Labute approximate surface area is 108 Å². The molecule has 69 valence electrons. The summed E-state index contributed by atoms with van der Waals surface area (Å²) in [5.74, 6) is -0.865. The van der Waals surface area contributed by atoms with E-state index in [0.29, 0.717) is 5.56 Å². The number of nitro groups is 1. The second-order valence-electron chi connectivity index (χ2n) is 2.54. The van der Waals surface area contributed by atoms with E-state index in [1.54, 1.807) is 12.1 Å². The van der Waals surface area contributed by atoms with Gasteiger partial charge in [-0.25, -0.2) is 0 Å². The van der Waals surface area contributed by atoms with Crippen molar-refractivity contribution in [1.29, 1.82) is 10.5 Å². The van der Waals surface area contributed by atoms with Crippen LogP contribution in [0.15, 0.2) is 24.3 Å². The van der Waals surface area contributed by atoms with Crippen molar-refractivity contribution < 1.29 is 4.92 Å². The fraction of sp³-hybridized carbons (Fsp3) is 0.111. The molecule has 1 aromatic rings. The second-order valence-corrected chi connectivity index (χ2v) is 2.54. The van der Waals surface area contributed by atoms with Crippen LogP contribution in [0.5, 0.6) is 0 Å². The first-order chi connectivity index (χ1) is 6.69. The fourth-order valence-electron chi connectivity index (χ4n) is 0.966. The zero-order valence-corrected chi connectivity index (χ0v) is 10.0. The Bertz CT molecular complexity index is 416. The first kappa shape index (κ1) is 13.6. The quantitative estimate of drug-likeness (QED) is 0.418. The summed E-state index contributed by atoms with van der Waals surface area (Å²) in [5, 5.41) is 27.4. The molecule has 6 heteroatoms. The van der Waals surface area contributed by atoms with Gasteiger partial charge < -0.3 is 0 Å². The maximum absolute atomic E-state index is 10.3. The van der Waals surface area contributed by atoms with Crippen LogP contribution >= 0.6 is 0 Å². The fourth-order valence-corrected chi connectivity index (χ4v) is 0.966.